The molecule has 0 saturated carbocycles. The molecule has 0 spiro atoms. The predicted octanol–water partition coefficient (Wildman–Crippen LogP) is 3.46. The van der Waals surface area contributed by atoms with Crippen LogP contribution in [0.2, 0.25) is 0 Å². The van der Waals surface area contributed by atoms with Crippen molar-refractivity contribution < 1.29 is 4.79 Å². The minimum absolute atomic E-state index is 0.321. The van der Waals surface area contributed by atoms with Crippen molar-refractivity contribution in [3.63, 3.8) is 0 Å². The maximum atomic E-state index is 12.2. The fourth-order valence-electron chi connectivity index (χ4n) is 3.34. The number of nitrogens with zero attached hydrogens (tertiary/aromatic N) is 5. The Labute approximate surface area is 176 Å². The van der Waals surface area contributed by atoms with Crippen LogP contribution in [0.4, 0.5) is 27.9 Å². The molecule has 1 fully saturated rings. The number of piperazine rings is 1. The Bertz CT molecular complexity index is 1000. The van der Waals surface area contributed by atoms with E-state index in [0.29, 0.717) is 11.6 Å². The fraction of sp³-hybridized carbons (Fsp3) is 0.273. The van der Waals surface area contributed by atoms with Gasteiger partial charge in [0.05, 0.1) is 18.1 Å². The van der Waals surface area contributed by atoms with E-state index in [9.17, 15) is 4.79 Å². The van der Waals surface area contributed by atoms with Crippen LogP contribution in [0.3, 0.4) is 0 Å². The van der Waals surface area contributed by atoms with E-state index in [-0.39, 0.29) is 6.03 Å². The lowest BCUT2D eigenvalue weighted by Crippen LogP contribution is -2.47. The molecule has 1 aliphatic rings. The number of nitrogens with one attached hydrogen (secondary N) is 2. The van der Waals surface area contributed by atoms with Crippen molar-refractivity contribution >= 4 is 29.2 Å². The molecule has 0 atom stereocenters. The molecule has 154 valence electrons. The van der Waals surface area contributed by atoms with E-state index in [4.69, 9.17) is 0 Å². The van der Waals surface area contributed by atoms with E-state index >= 15 is 0 Å². The van der Waals surface area contributed by atoms with E-state index < -0.39 is 0 Å². The molecule has 2 amide bonds. The number of hydrogen-bond acceptors (Lipinski definition) is 6. The standard InChI is InChI=1S/C22H25N7O/c1-16-6-7-18(13-17(16)2)26-22(30)27-19-14-24-21(25-15-19)29-11-9-28(10-12-29)20-5-3-4-8-23-20/h3-8,13-15H,9-12H2,1-2H3,(H2,26,27,30). The fourth-order valence-corrected chi connectivity index (χ4v) is 3.34. The summed E-state index contributed by atoms with van der Waals surface area (Å²) in [6.45, 7) is 7.41. The molecule has 1 aliphatic heterocycles. The largest absolute Gasteiger partial charge is 0.353 e. The predicted molar refractivity (Wildman–Crippen MR) is 119 cm³/mol. The number of hydrogen-bond donors (Lipinski definition) is 2. The van der Waals surface area contributed by atoms with Crippen LogP contribution >= 0.6 is 0 Å². The summed E-state index contributed by atoms with van der Waals surface area (Å²) in [6, 6.07) is 11.4. The van der Waals surface area contributed by atoms with Crippen molar-refractivity contribution in [2.45, 2.75) is 13.8 Å². The van der Waals surface area contributed by atoms with Crippen molar-refractivity contribution in [1.29, 1.82) is 0 Å². The van der Waals surface area contributed by atoms with Gasteiger partial charge in [-0.2, -0.15) is 0 Å². The number of benzene rings is 1. The first kappa shape index (κ1) is 19.6. The number of carbonyl (C=O) groups is 1. The second-order valence-electron chi connectivity index (χ2n) is 7.31. The Hall–Kier alpha value is -3.68. The molecule has 1 saturated heterocycles. The Morgan fingerprint density at radius 2 is 1.53 bits per heavy atom. The second-order valence-corrected chi connectivity index (χ2v) is 7.31. The molecule has 8 nitrogen and oxygen atoms in total. The Morgan fingerprint density at radius 3 is 2.20 bits per heavy atom. The first-order valence-electron chi connectivity index (χ1n) is 9.97. The Balaban J connectivity index is 1.31. The monoisotopic (exact) mass is 403 g/mol. The summed E-state index contributed by atoms with van der Waals surface area (Å²) in [5.41, 5.74) is 3.61. The number of urea groups is 1. The van der Waals surface area contributed by atoms with Gasteiger partial charge >= 0.3 is 6.03 Å². The summed E-state index contributed by atoms with van der Waals surface area (Å²) in [6.07, 6.45) is 5.08. The van der Waals surface area contributed by atoms with Crippen LogP contribution in [-0.2, 0) is 0 Å². The van der Waals surface area contributed by atoms with Gasteiger partial charge < -0.3 is 20.4 Å². The summed E-state index contributed by atoms with van der Waals surface area (Å²) < 4.78 is 0. The van der Waals surface area contributed by atoms with Crippen molar-refractivity contribution in [1.82, 2.24) is 15.0 Å². The SMILES string of the molecule is Cc1ccc(NC(=O)Nc2cnc(N3CCN(c4ccccn4)CC3)nc2)cc1C. The molecule has 0 unspecified atom stereocenters. The number of pyridine rings is 1. The van der Waals surface area contributed by atoms with E-state index in [1.807, 2.05) is 56.4 Å². The molecule has 0 bridgehead atoms. The summed E-state index contributed by atoms with van der Waals surface area (Å²) in [4.78, 5) is 29.9. The normalized spacial score (nSPS) is 13.8. The van der Waals surface area contributed by atoms with Gasteiger partial charge in [-0.05, 0) is 49.2 Å². The van der Waals surface area contributed by atoms with E-state index in [0.717, 1.165) is 43.2 Å². The average molecular weight is 403 g/mol. The third-order valence-electron chi connectivity index (χ3n) is 5.20. The highest BCUT2D eigenvalue weighted by molar-refractivity contribution is 5.99. The number of amides is 2. The van der Waals surface area contributed by atoms with Crippen LogP contribution in [0, 0.1) is 13.8 Å². The van der Waals surface area contributed by atoms with Gasteiger partial charge in [0.1, 0.15) is 5.82 Å². The summed E-state index contributed by atoms with van der Waals surface area (Å²) >= 11 is 0. The zero-order chi connectivity index (χ0) is 20.9. The van der Waals surface area contributed by atoms with Crippen LogP contribution in [0.5, 0.6) is 0 Å². The highest BCUT2D eigenvalue weighted by Gasteiger charge is 2.19. The molecule has 2 N–H and O–H groups in total. The number of anilines is 4. The number of carbonyl (C=O) groups excluding carboxylic acids is 1. The third kappa shape index (κ3) is 4.65. The summed E-state index contributed by atoms with van der Waals surface area (Å²) in [5, 5.41) is 5.60. The van der Waals surface area contributed by atoms with Gasteiger partial charge in [0.15, 0.2) is 0 Å². The van der Waals surface area contributed by atoms with Gasteiger partial charge in [-0.15, -0.1) is 0 Å². The number of aromatic nitrogens is 3. The number of rotatable bonds is 4. The third-order valence-corrected chi connectivity index (χ3v) is 5.20. The molecule has 30 heavy (non-hydrogen) atoms. The quantitative estimate of drug-likeness (QED) is 0.694. The lowest BCUT2D eigenvalue weighted by Gasteiger charge is -2.35. The lowest BCUT2D eigenvalue weighted by molar-refractivity contribution is 0.262. The van der Waals surface area contributed by atoms with Crippen molar-refractivity contribution in [3.05, 3.63) is 66.1 Å². The minimum Gasteiger partial charge on any atom is -0.353 e. The average Bonchev–Trinajstić information content (AvgIpc) is 2.77. The van der Waals surface area contributed by atoms with Gasteiger partial charge in [-0.25, -0.2) is 19.7 Å². The van der Waals surface area contributed by atoms with Crippen molar-refractivity contribution in [2.75, 3.05) is 46.6 Å². The molecule has 0 radical (unpaired) electrons. The molecular weight excluding hydrogens is 378 g/mol. The van der Waals surface area contributed by atoms with Gasteiger partial charge in [-0.3, -0.25) is 0 Å². The maximum Gasteiger partial charge on any atom is 0.323 e. The molecule has 8 heteroatoms. The van der Waals surface area contributed by atoms with Crippen LogP contribution in [0.25, 0.3) is 0 Å². The molecule has 3 aromatic rings. The highest BCUT2D eigenvalue weighted by atomic mass is 16.2. The highest BCUT2D eigenvalue weighted by Crippen LogP contribution is 2.17. The van der Waals surface area contributed by atoms with Crippen LogP contribution in [-0.4, -0.2) is 47.2 Å². The zero-order valence-corrected chi connectivity index (χ0v) is 17.2. The molecule has 1 aromatic carbocycles. The van der Waals surface area contributed by atoms with Crippen LogP contribution in [0.15, 0.2) is 55.0 Å². The lowest BCUT2D eigenvalue weighted by atomic mass is 10.1. The first-order chi connectivity index (χ1) is 14.6. The Morgan fingerprint density at radius 1 is 0.833 bits per heavy atom. The molecule has 3 heterocycles. The molecule has 2 aromatic heterocycles. The first-order valence-corrected chi connectivity index (χ1v) is 9.97. The topological polar surface area (TPSA) is 86.3 Å². The molecular formula is C22H25N7O. The van der Waals surface area contributed by atoms with Gasteiger partial charge in [0.25, 0.3) is 0 Å². The van der Waals surface area contributed by atoms with Crippen LogP contribution < -0.4 is 20.4 Å². The maximum absolute atomic E-state index is 12.2. The zero-order valence-electron chi connectivity index (χ0n) is 17.2. The van der Waals surface area contributed by atoms with E-state index in [2.05, 4.69) is 35.4 Å². The molecule has 0 aliphatic carbocycles. The smallest absolute Gasteiger partial charge is 0.323 e. The minimum atomic E-state index is -0.321. The number of aryl methyl sites for hydroxylation is 2. The van der Waals surface area contributed by atoms with E-state index in [1.54, 1.807) is 12.4 Å². The van der Waals surface area contributed by atoms with Gasteiger partial charge in [0.2, 0.25) is 5.95 Å². The summed E-state index contributed by atoms with van der Waals surface area (Å²) in [7, 11) is 0. The van der Waals surface area contributed by atoms with Gasteiger partial charge in [-0.1, -0.05) is 12.1 Å². The second kappa shape index (κ2) is 8.77. The van der Waals surface area contributed by atoms with Crippen molar-refractivity contribution in [2.24, 2.45) is 0 Å². The van der Waals surface area contributed by atoms with Crippen molar-refractivity contribution in [3.8, 4) is 0 Å². The van der Waals surface area contributed by atoms with Crippen LogP contribution in [0.1, 0.15) is 11.1 Å². The van der Waals surface area contributed by atoms with E-state index in [1.165, 1.54) is 5.56 Å². The van der Waals surface area contributed by atoms with Gasteiger partial charge in [0, 0.05) is 38.1 Å². The summed E-state index contributed by atoms with van der Waals surface area (Å²) in [5.74, 6) is 1.66. The Kier molecular flexibility index (Phi) is 5.74. The molecule has 4 rings (SSSR count).